The van der Waals surface area contributed by atoms with Crippen LogP contribution in [0.5, 0.6) is 0 Å². The predicted octanol–water partition coefficient (Wildman–Crippen LogP) is 4.75. The molecule has 2 N–H and O–H groups in total. The Morgan fingerprint density at radius 3 is 1.85 bits per heavy atom. The number of aryl methyl sites for hydroxylation is 1. The molecule has 0 amide bonds. The topological polar surface area (TPSA) is 100 Å². The zero-order chi connectivity index (χ0) is 20.7. The van der Waals surface area contributed by atoms with Gasteiger partial charge in [-0.3, -0.25) is 9.59 Å². The van der Waals surface area contributed by atoms with Crippen LogP contribution < -0.4 is 0 Å². The van der Waals surface area contributed by atoms with Crippen molar-refractivity contribution in [1.82, 2.24) is 10.2 Å². The van der Waals surface area contributed by atoms with Crippen LogP contribution >= 0.6 is 23.5 Å². The molecule has 1 aromatic heterocycles. The van der Waals surface area contributed by atoms with E-state index in [0.29, 0.717) is 12.8 Å². The summed E-state index contributed by atoms with van der Waals surface area (Å²) in [5.41, 5.74) is -0.338. The lowest BCUT2D eigenvalue weighted by Gasteiger charge is -2.18. The first-order valence-corrected chi connectivity index (χ1v) is 11.0. The summed E-state index contributed by atoms with van der Waals surface area (Å²) in [5, 5.41) is 28.5. The molecule has 0 aliphatic heterocycles. The SMILES string of the molecule is Cc1cc(SCCCC(C)(C)C(=O)O)nnc1SCCCC(C)(C)C(=O)O. The van der Waals surface area contributed by atoms with E-state index in [1.54, 1.807) is 51.2 Å². The van der Waals surface area contributed by atoms with Crippen molar-refractivity contribution in [1.29, 1.82) is 0 Å². The third-order valence-electron chi connectivity index (χ3n) is 4.46. The van der Waals surface area contributed by atoms with Gasteiger partial charge in [0.05, 0.1) is 10.8 Å². The Morgan fingerprint density at radius 2 is 1.41 bits per heavy atom. The van der Waals surface area contributed by atoms with Gasteiger partial charge < -0.3 is 10.2 Å². The molecule has 27 heavy (non-hydrogen) atoms. The van der Waals surface area contributed by atoms with Gasteiger partial charge >= 0.3 is 11.9 Å². The normalized spacial score (nSPS) is 12.2. The zero-order valence-electron chi connectivity index (χ0n) is 16.7. The summed E-state index contributed by atoms with van der Waals surface area (Å²) in [7, 11) is 0. The minimum atomic E-state index is -0.767. The molecule has 152 valence electrons. The van der Waals surface area contributed by atoms with E-state index >= 15 is 0 Å². The molecular formula is C19H30N2O4S2. The molecule has 1 rings (SSSR count). The van der Waals surface area contributed by atoms with E-state index in [-0.39, 0.29) is 0 Å². The van der Waals surface area contributed by atoms with Crippen LogP contribution in [0.25, 0.3) is 0 Å². The standard InChI is InChI=1S/C19H30N2O4S2/c1-13-12-14(26-10-6-8-18(2,3)16(22)23)20-21-15(13)27-11-7-9-19(4,5)17(24)25/h12H,6-11H2,1-5H3,(H,22,23)(H,24,25). The van der Waals surface area contributed by atoms with E-state index in [9.17, 15) is 9.59 Å². The van der Waals surface area contributed by atoms with Crippen molar-refractivity contribution in [3.63, 3.8) is 0 Å². The lowest BCUT2D eigenvalue weighted by Crippen LogP contribution is -2.23. The summed E-state index contributed by atoms with van der Waals surface area (Å²) in [4.78, 5) is 22.2. The number of carbonyl (C=O) groups is 2. The Labute approximate surface area is 169 Å². The van der Waals surface area contributed by atoms with Crippen molar-refractivity contribution < 1.29 is 19.8 Å². The molecule has 0 aliphatic carbocycles. The maximum atomic E-state index is 11.1. The van der Waals surface area contributed by atoms with Crippen molar-refractivity contribution in [2.75, 3.05) is 11.5 Å². The van der Waals surface area contributed by atoms with Crippen molar-refractivity contribution in [3.8, 4) is 0 Å². The second-order valence-electron chi connectivity index (χ2n) is 7.95. The summed E-state index contributed by atoms with van der Waals surface area (Å²) in [6, 6.07) is 2.00. The monoisotopic (exact) mass is 414 g/mol. The number of nitrogens with zero attached hydrogens (tertiary/aromatic N) is 2. The lowest BCUT2D eigenvalue weighted by molar-refractivity contribution is -0.148. The molecule has 0 unspecified atom stereocenters. The first-order chi connectivity index (χ1) is 12.5. The predicted molar refractivity (Wildman–Crippen MR) is 110 cm³/mol. The molecule has 0 fully saturated rings. The number of rotatable bonds is 12. The van der Waals surface area contributed by atoms with Crippen LogP contribution in [0, 0.1) is 17.8 Å². The van der Waals surface area contributed by atoms with Gasteiger partial charge in [0.2, 0.25) is 0 Å². The minimum absolute atomic E-state index is 0.627. The molecule has 0 spiro atoms. The highest BCUT2D eigenvalue weighted by atomic mass is 32.2. The van der Waals surface area contributed by atoms with E-state index in [1.807, 2.05) is 13.0 Å². The van der Waals surface area contributed by atoms with E-state index in [2.05, 4.69) is 10.2 Å². The van der Waals surface area contributed by atoms with Gasteiger partial charge in [-0.2, -0.15) is 0 Å². The third kappa shape index (κ3) is 8.09. The first kappa shape index (κ1) is 23.8. The van der Waals surface area contributed by atoms with Gasteiger partial charge in [0.1, 0.15) is 10.1 Å². The molecule has 0 radical (unpaired) electrons. The highest BCUT2D eigenvalue weighted by molar-refractivity contribution is 7.99. The van der Waals surface area contributed by atoms with E-state index in [4.69, 9.17) is 10.2 Å². The highest BCUT2D eigenvalue weighted by Gasteiger charge is 2.27. The smallest absolute Gasteiger partial charge is 0.309 e. The number of carboxylic acids is 2. The van der Waals surface area contributed by atoms with Crippen molar-refractivity contribution >= 4 is 35.5 Å². The third-order valence-corrected chi connectivity index (χ3v) is 6.61. The largest absolute Gasteiger partial charge is 0.481 e. The molecule has 0 atom stereocenters. The zero-order valence-corrected chi connectivity index (χ0v) is 18.4. The second-order valence-corrected chi connectivity index (χ2v) is 10.2. The first-order valence-electron chi connectivity index (χ1n) is 9.02. The van der Waals surface area contributed by atoms with Crippen LogP contribution in [0.15, 0.2) is 16.1 Å². The number of aromatic nitrogens is 2. The van der Waals surface area contributed by atoms with Crippen LogP contribution in [0.3, 0.4) is 0 Å². The van der Waals surface area contributed by atoms with Crippen LogP contribution in [-0.4, -0.2) is 43.9 Å². The fraction of sp³-hybridized carbons (Fsp3) is 0.684. The quantitative estimate of drug-likeness (QED) is 0.373. The molecule has 0 saturated carbocycles. The molecule has 0 aliphatic rings. The molecular weight excluding hydrogens is 384 g/mol. The lowest BCUT2D eigenvalue weighted by atomic mass is 9.88. The molecule has 0 bridgehead atoms. The Kier molecular flexibility index (Phi) is 9.08. The summed E-state index contributed by atoms with van der Waals surface area (Å²) in [6.45, 7) is 8.97. The average molecular weight is 415 g/mol. The molecule has 0 aromatic carbocycles. The fourth-order valence-electron chi connectivity index (χ4n) is 2.25. The van der Waals surface area contributed by atoms with Gasteiger partial charge in [-0.1, -0.05) is 0 Å². The minimum Gasteiger partial charge on any atom is -0.481 e. The highest BCUT2D eigenvalue weighted by Crippen LogP contribution is 2.29. The van der Waals surface area contributed by atoms with Crippen molar-refractivity contribution in [2.24, 2.45) is 10.8 Å². The van der Waals surface area contributed by atoms with Gasteiger partial charge in [0.25, 0.3) is 0 Å². The van der Waals surface area contributed by atoms with Gasteiger partial charge in [-0.05, 0) is 83.4 Å². The fourth-order valence-corrected chi connectivity index (χ4v) is 3.97. The summed E-state index contributed by atoms with van der Waals surface area (Å²) in [5.74, 6) is 0.0813. The summed E-state index contributed by atoms with van der Waals surface area (Å²) < 4.78 is 0. The Hall–Kier alpha value is -1.28. The van der Waals surface area contributed by atoms with Crippen LogP contribution in [0.1, 0.15) is 58.9 Å². The van der Waals surface area contributed by atoms with Crippen LogP contribution in [-0.2, 0) is 9.59 Å². The maximum Gasteiger partial charge on any atom is 0.309 e. The van der Waals surface area contributed by atoms with Gasteiger partial charge in [-0.15, -0.1) is 33.7 Å². The average Bonchev–Trinajstić information content (AvgIpc) is 2.56. The van der Waals surface area contributed by atoms with E-state index in [1.165, 1.54) is 0 Å². The van der Waals surface area contributed by atoms with Crippen LogP contribution in [0.4, 0.5) is 0 Å². The number of aliphatic carboxylic acids is 2. The van der Waals surface area contributed by atoms with Crippen molar-refractivity contribution in [3.05, 3.63) is 11.6 Å². The summed E-state index contributed by atoms with van der Waals surface area (Å²) in [6.07, 6.45) is 2.87. The Bertz CT molecular complexity index is 663. The number of hydrogen-bond acceptors (Lipinski definition) is 6. The van der Waals surface area contributed by atoms with E-state index < -0.39 is 22.8 Å². The second kappa shape index (κ2) is 10.3. The molecule has 8 heteroatoms. The van der Waals surface area contributed by atoms with E-state index in [0.717, 1.165) is 40.0 Å². The molecule has 0 saturated heterocycles. The Morgan fingerprint density at radius 1 is 0.926 bits per heavy atom. The number of thioether (sulfide) groups is 2. The van der Waals surface area contributed by atoms with Crippen molar-refractivity contribution in [2.45, 2.75) is 70.4 Å². The number of carboxylic acid groups (broad SMARTS) is 2. The molecule has 1 aromatic rings. The van der Waals surface area contributed by atoms with Gasteiger partial charge in [0, 0.05) is 0 Å². The summed E-state index contributed by atoms with van der Waals surface area (Å²) >= 11 is 3.19. The molecule has 6 nitrogen and oxygen atoms in total. The molecule has 1 heterocycles. The number of hydrogen-bond donors (Lipinski definition) is 2. The maximum absolute atomic E-state index is 11.1. The van der Waals surface area contributed by atoms with Gasteiger partial charge in [-0.25, -0.2) is 0 Å². The Balaban J connectivity index is 2.41. The van der Waals surface area contributed by atoms with Gasteiger partial charge in [0.15, 0.2) is 0 Å². The van der Waals surface area contributed by atoms with Crippen LogP contribution in [0.2, 0.25) is 0 Å².